The fraction of sp³-hybridized carbons (Fsp3) is 0.727. The van der Waals surface area contributed by atoms with Crippen LogP contribution < -0.4 is 0 Å². The van der Waals surface area contributed by atoms with Gasteiger partial charge >= 0.3 is 0 Å². The lowest BCUT2D eigenvalue weighted by Gasteiger charge is -2.61. The molecule has 8 atom stereocenters. The normalized spacial score (nSPS) is 52.4. The topological polar surface area (TPSA) is 34.1 Å². The van der Waals surface area contributed by atoms with E-state index in [1.807, 2.05) is 6.08 Å². The summed E-state index contributed by atoms with van der Waals surface area (Å²) in [4.78, 5) is 25.0. The molecule has 0 heterocycles. The minimum absolute atomic E-state index is 0.0245. The number of fused-ring (bicyclic) bond motifs is 5. The summed E-state index contributed by atoms with van der Waals surface area (Å²) in [7, 11) is 0. The molecule has 4 aliphatic carbocycles. The Morgan fingerprint density at radius 2 is 1.84 bits per heavy atom. The van der Waals surface area contributed by atoms with Crippen molar-refractivity contribution in [3.63, 3.8) is 0 Å². The van der Waals surface area contributed by atoms with Gasteiger partial charge in [-0.05, 0) is 66.1 Å². The van der Waals surface area contributed by atoms with Crippen molar-refractivity contribution in [1.82, 2.24) is 0 Å². The van der Waals surface area contributed by atoms with E-state index in [0.29, 0.717) is 29.5 Å². The minimum atomic E-state index is -0.130. The van der Waals surface area contributed by atoms with Gasteiger partial charge in [0.25, 0.3) is 0 Å². The van der Waals surface area contributed by atoms with E-state index in [0.717, 1.165) is 31.3 Å². The number of rotatable bonds is 0. The molecule has 0 amide bonds. The Morgan fingerprint density at radius 1 is 1.16 bits per heavy atom. The summed E-state index contributed by atoms with van der Waals surface area (Å²) in [5, 5.41) is 0. The summed E-state index contributed by atoms with van der Waals surface area (Å²) >= 11 is 3.67. The lowest BCUT2D eigenvalue weighted by atomic mass is 9.42. The monoisotopic (exact) mass is 404 g/mol. The van der Waals surface area contributed by atoms with Crippen molar-refractivity contribution >= 4 is 27.5 Å². The molecule has 4 aliphatic rings. The van der Waals surface area contributed by atoms with Crippen LogP contribution in [0.1, 0.15) is 53.4 Å². The fourth-order valence-electron chi connectivity index (χ4n) is 6.99. The first-order chi connectivity index (χ1) is 11.6. The molecule has 3 saturated carbocycles. The van der Waals surface area contributed by atoms with Crippen molar-refractivity contribution in [2.75, 3.05) is 0 Å². The Hall–Kier alpha value is -0.700. The van der Waals surface area contributed by atoms with Crippen molar-refractivity contribution in [3.05, 3.63) is 23.8 Å². The summed E-state index contributed by atoms with van der Waals surface area (Å²) in [6.45, 7) is 13.5. The molecule has 0 aromatic rings. The second kappa shape index (κ2) is 5.41. The van der Waals surface area contributed by atoms with Crippen molar-refractivity contribution < 1.29 is 9.59 Å². The Labute approximate surface area is 159 Å². The molecule has 0 N–H and O–H groups in total. The molecule has 25 heavy (non-hydrogen) atoms. The second-order valence-electron chi connectivity index (χ2n) is 9.46. The molecule has 0 spiro atoms. The summed E-state index contributed by atoms with van der Waals surface area (Å²) < 4.78 is 0. The summed E-state index contributed by atoms with van der Waals surface area (Å²) in [5.41, 5.74) is 2.19. The highest BCUT2D eigenvalue weighted by atomic mass is 79.9. The Bertz CT molecular complexity index is 707. The van der Waals surface area contributed by atoms with Crippen molar-refractivity contribution in [3.8, 4) is 0 Å². The molecule has 0 saturated heterocycles. The zero-order chi connectivity index (χ0) is 18.3. The molecule has 0 bridgehead atoms. The molecular weight excluding hydrogens is 376 g/mol. The smallest absolute Gasteiger partial charge is 0.169 e. The number of hydrogen-bond acceptors (Lipinski definition) is 2. The van der Waals surface area contributed by atoms with Crippen LogP contribution in [-0.2, 0) is 9.59 Å². The number of carbonyl (C=O) groups excluding carboxylic acids is 2. The van der Waals surface area contributed by atoms with Gasteiger partial charge in [-0.2, -0.15) is 0 Å². The first-order valence-electron chi connectivity index (χ1n) is 9.76. The first-order valence-corrected chi connectivity index (χ1v) is 10.7. The number of Topliss-reactive ketones (excluding diaryl/α,β-unsaturated/α-hetero) is 1. The predicted molar refractivity (Wildman–Crippen MR) is 103 cm³/mol. The first kappa shape index (κ1) is 17.7. The third-order valence-corrected chi connectivity index (χ3v) is 10.1. The maximum absolute atomic E-state index is 12.6. The van der Waals surface area contributed by atoms with Crippen LogP contribution in [0.2, 0.25) is 0 Å². The van der Waals surface area contributed by atoms with Crippen LogP contribution >= 0.6 is 15.9 Å². The molecule has 0 radical (unpaired) electrons. The SMILES string of the molecule is C=C1C2=CC(=O)C(Br)C(C)[C@]2(C)[C@@H]2CC[C@]3(C)C(=O)CC[C@H]3[C@@H]2C1C. The quantitative estimate of drug-likeness (QED) is 0.525. The van der Waals surface area contributed by atoms with Gasteiger partial charge in [-0.15, -0.1) is 0 Å². The third-order valence-electron chi connectivity index (χ3n) is 8.81. The fourth-order valence-corrected chi connectivity index (χ4v) is 7.67. The van der Waals surface area contributed by atoms with Gasteiger partial charge in [-0.25, -0.2) is 0 Å². The number of ketones is 2. The summed E-state index contributed by atoms with van der Waals surface area (Å²) in [5.74, 6) is 2.78. The molecule has 136 valence electrons. The van der Waals surface area contributed by atoms with Gasteiger partial charge in [-0.3, -0.25) is 9.59 Å². The van der Waals surface area contributed by atoms with Crippen LogP contribution in [0.3, 0.4) is 0 Å². The average molecular weight is 405 g/mol. The highest BCUT2D eigenvalue weighted by molar-refractivity contribution is 9.10. The van der Waals surface area contributed by atoms with Gasteiger partial charge in [0.1, 0.15) is 5.78 Å². The largest absolute Gasteiger partial charge is 0.299 e. The van der Waals surface area contributed by atoms with Gasteiger partial charge in [0.2, 0.25) is 0 Å². The van der Waals surface area contributed by atoms with E-state index in [-0.39, 0.29) is 27.4 Å². The number of hydrogen-bond donors (Lipinski definition) is 0. The van der Waals surface area contributed by atoms with E-state index in [9.17, 15) is 9.59 Å². The average Bonchev–Trinajstić information content (AvgIpc) is 2.88. The van der Waals surface area contributed by atoms with Gasteiger partial charge in [0.05, 0.1) is 4.83 Å². The van der Waals surface area contributed by atoms with E-state index >= 15 is 0 Å². The van der Waals surface area contributed by atoms with Gasteiger partial charge in [0.15, 0.2) is 5.78 Å². The maximum atomic E-state index is 12.6. The molecule has 2 nitrogen and oxygen atoms in total. The van der Waals surface area contributed by atoms with E-state index in [1.54, 1.807) is 0 Å². The Balaban J connectivity index is 1.85. The van der Waals surface area contributed by atoms with Crippen LogP contribution in [0.25, 0.3) is 0 Å². The molecular formula is C22H29BrO2. The van der Waals surface area contributed by atoms with Crippen LogP contribution in [-0.4, -0.2) is 16.4 Å². The van der Waals surface area contributed by atoms with E-state index < -0.39 is 0 Å². The lowest BCUT2D eigenvalue weighted by Crippen LogP contribution is -2.57. The van der Waals surface area contributed by atoms with Crippen LogP contribution in [0.5, 0.6) is 0 Å². The molecule has 3 heteroatoms. The Morgan fingerprint density at radius 3 is 2.52 bits per heavy atom. The zero-order valence-corrected chi connectivity index (χ0v) is 17.4. The minimum Gasteiger partial charge on any atom is -0.299 e. The van der Waals surface area contributed by atoms with Gasteiger partial charge in [-0.1, -0.05) is 50.2 Å². The zero-order valence-electron chi connectivity index (χ0n) is 15.8. The molecule has 3 fully saturated rings. The number of allylic oxidation sites excluding steroid dienone is 2. The maximum Gasteiger partial charge on any atom is 0.169 e. The molecule has 3 unspecified atom stereocenters. The number of carbonyl (C=O) groups is 2. The molecule has 0 aromatic heterocycles. The summed E-state index contributed by atoms with van der Waals surface area (Å²) in [6.07, 6.45) is 5.76. The number of halogens is 1. The van der Waals surface area contributed by atoms with Crippen molar-refractivity contribution in [2.45, 2.75) is 58.2 Å². The van der Waals surface area contributed by atoms with Crippen molar-refractivity contribution in [1.29, 1.82) is 0 Å². The third kappa shape index (κ3) is 2.02. The Kier molecular flexibility index (Phi) is 3.83. The standard InChI is InChI=1S/C22H29BrO2/c1-11-12(2)19-14-6-7-18(25)21(14,4)9-8-15(19)22(5)13(3)20(23)17(24)10-16(11)22/h10,12-15,19-20H,1,6-9H2,2-5H3/t12?,13?,14-,15+,19-,20?,21-,22+/m0/s1. The summed E-state index contributed by atoms with van der Waals surface area (Å²) in [6, 6.07) is 0. The van der Waals surface area contributed by atoms with Crippen LogP contribution in [0.15, 0.2) is 23.8 Å². The van der Waals surface area contributed by atoms with Crippen molar-refractivity contribution in [2.24, 2.45) is 40.4 Å². The molecule has 0 aromatic carbocycles. The van der Waals surface area contributed by atoms with Crippen LogP contribution in [0.4, 0.5) is 0 Å². The highest BCUT2D eigenvalue weighted by Crippen LogP contribution is 2.68. The number of alkyl halides is 1. The van der Waals surface area contributed by atoms with E-state index in [1.165, 1.54) is 5.57 Å². The van der Waals surface area contributed by atoms with Gasteiger partial charge in [0, 0.05) is 17.3 Å². The van der Waals surface area contributed by atoms with Crippen LogP contribution in [0, 0.1) is 40.4 Å². The predicted octanol–water partition coefficient (Wildman–Crippen LogP) is 5.12. The van der Waals surface area contributed by atoms with E-state index in [2.05, 4.69) is 50.2 Å². The highest BCUT2D eigenvalue weighted by Gasteiger charge is 2.63. The lowest BCUT2D eigenvalue weighted by molar-refractivity contribution is -0.134. The molecule has 4 rings (SSSR count). The molecule has 0 aliphatic heterocycles. The second-order valence-corrected chi connectivity index (χ2v) is 10.4. The van der Waals surface area contributed by atoms with E-state index in [4.69, 9.17) is 0 Å². The van der Waals surface area contributed by atoms with Gasteiger partial charge < -0.3 is 0 Å².